The van der Waals surface area contributed by atoms with E-state index in [9.17, 15) is 9.59 Å². The first-order valence-corrected chi connectivity index (χ1v) is 7.60. The van der Waals surface area contributed by atoms with E-state index in [0.29, 0.717) is 0 Å². The second-order valence-electron chi connectivity index (χ2n) is 4.96. The number of carbonyl (C=O) groups is 2. The average molecular weight is 304 g/mol. The second kappa shape index (κ2) is 9.03. The smallest absolute Gasteiger partial charge is 0.324 e. The largest absolute Gasteiger partial charge is 0.465 e. The summed E-state index contributed by atoms with van der Waals surface area (Å²) < 4.78 is 10.3. The molecule has 0 heterocycles. The molecule has 120 valence electrons. The Kier molecular flexibility index (Phi) is 7.37. The molecule has 0 spiro atoms. The Labute approximate surface area is 132 Å². The van der Waals surface area contributed by atoms with E-state index < -0.39 is 17.4 Å². The van der Waals surface area contributed by atoms with Crippen molar-refractivity contribution in [3.63, 3.8) is 0 Å². The Morgan fingerprint density at radius 2 is 1.59 bits per heavy atom. The molecule has 0 bridgehead atoms. The number of allylic oxidation sites excluding steroid dienone is 2. The highest BCUT2D eigenvalue weighted by atomic mass is 16.6. The highest BCUT2D eigenvalue weighted by Crippen LogP contribution is 2.32. The number of ether oxygens (including phenoxy) is 2. The molecule has 1 aromatic rings. The van der Waals surface area contributed by atoms with Crippen LogP contribution in [0.1, 0.15) is 32.8 Å². The molecule has 0 radical (unpaired) electrons. The molecule has 0 atom stereocenters. The van der Waals surface area contributed by atoms with E-state index in [1.54, 1.807) is 19.9 Å². The molecule has 0 amide bonds. The van der Waals surface area contributed by atoms with Crippen LogP contribution in [-0.2, 0) is 25.5 Å². The Morgan fingerprint density at radius 3 is 2.05 bits per heavy atom. The first-order chi connectivity index (χ1) is 10.6. The van der Waals surface area contributed by atoms with Crippen molar-refractivity contribution in [2.24, 2.45) is 5.41 Å². The summed E-state index contributed by atoms with van der Waals surface area (Å²) in [7, 11) is 0. The van der Waals surface area contributed by atoms with Gasteiger partial charge in [0.2, 0.25) is 0 Å². The van der Waals surface area contributed by atoms with E-state index in [1.807, 2.05) is 43.3 Å². The van der Waals surface area contributed by atoms with Gasteiger partial charge in [0.05, 0.1) is 13.2 Å². The van der Waals surface area contributed by atoms with Gasteiger partial charge in [-0.15, -0.1) is 0 Å². The van der Waals surface area contributed by atoms with E-state index in [2.05, 4.69) is 0 Å². The second-order valence-corrected chi connectivity index (χ2v) is 4.96. The zero-order valence-electron chi connectivity index (χ0n) is 13.5. The van der Waals surface area contributed by atoms with Gasteiger partial charge in [0.25, 0.3) is 0 Å². The fraction of sp³-hybridized carbons (Fsp3) is 0.444. The van der Waals surface area contributed by atoms with E-state index in [-0.39, 0.29) is 26.1 Å². The van der Waals surface area contributed by atoms with Gasteiger partial charge < -0.3 is 9.47 Å². The van der Waals surface area contributed by atoms with E-state index in [1.165, 1.54) is 0 Å². The summed E-state index contributed by atoms with van der Waals surface area (Å²) in [5.74, 6) is -1.06. The van der Waals surface area contributed by atoms with E-state index >= 15 is 0 Å². The van der Waals surface area contributed by atoms with Gasteiger partial charge in [-0.3, -0.25) is 9.59 Å². The lowest BCUT2D eigenvalue weighted by molar-refractivity contribution is -0.171. The summed E-state index contributed by atoms with van der Waals surface area (Å²) in [4.78, 5) is 25.1. The molecule has 0 saturated carbocycles. The lowest BCUT2D eigenvalue weighted by atomic mass is 9.78. The fourth-order valence-corrected chi connectivity index (χ4v) is 2.27. The van der Waals surface area contributed by atoms with Gasteiger partial charge in [-0.2, -0.15) is 0 Å². The third kappa shape index (κ3) is 4.45. The zero-order valence-corrected chi connectivity index (χ0v) is 13.5. The van der Waals surface area contributed by atoms with Gasteiger partial charge in [-0.25, -0.2) is 0 Å². The molecule has 0 aliphatic carbocycles. The van der Waals surface area contributed by atoms with Crippen LogP contribution in [0.15, 0.2) is 42.5 Å². The van der Waals surface area contributed by atoms with Gasteiger partial charge in [0, 0.05) is 0 Å². The third-order valence-corrected chi connectivity index (χ3v) is 3.38. The maximum absolute atomic E-state index is 12.5. The molecule has 0 aromatic heterocycles. The SMILES string of the molecule is C/C=C\CC(Cc1ccccc1)(C(=O)OCC)C(=O)OCC. The molecule has 0 aliphatic heterocycles. The van der Waals surface area contributed by atoms with Crippen molar-refractivity contribution in [3.8, 4) is 0 Å². The summed E-state index contributed by atoms with van der Waals surface area (Å²) in [6, 6.07) is 9.44. The number of carbonyl (C=O) groups excluding carboxylic acids is 2. The Hall–Kier alpha value is -2.10. The molecule has 22 heavy (non-hydrogen) atoms. The van der Waals surface area contributed by atoms with Crippen molar-refractivity contribution >= 4 is 11.9 Å². The van der Waals surface area contributed by atoms with Crippen molar-refractivity contribution in [1.29, 1.82) is 0 Å². The minimum absolute atomic E-state index is 0.227. The molecule has 1 rings (SSSR count). The molecule has 0 unspecified atom stereocenters. The predicted molar refractivity (Wildman–Crippen MR) is 85.3 cm³/mol. The van der Waals surface area contributed by atoms with Gasteiger partial charge in [-0.1, -0.05) is 42.5 Å². The molecule has 0 saturated heterocycles. The molecule has 4 nitrogen and oxygen atoms in total. The molecular formula is C18H24O4. The first-order valence-electron chi connectivity index (χ1n) is 7.60. The van der Waals surface area contributed by atoms with Crippen LogP contribution < -0.4 is 0 Å². The number of hydrogen-bond acceptors (Lipinski definition) is 4. The topological polar surface area (TPSA) is 52.6 Å². The van der Waals surface area contributed by atoms with Gasteiger partial charge in [0.1, 0.15) is 0 Å². The maximum atomic E-state index is 12.5. The molecule has 0 fully saturated rings. The fourth-order valence-electron chi connectivity index (χ4n) is 2.27. The Morgan fingerprint density at radius 1 is 1.05 bits per heavy atom. The summed E-state index contributed by atoms with van der Waals surface area (Å²) >= 11 is 0. The number of hydrogen-bond donors (Lipinski definition) is 0. The Balaban J connectivity index is 3.22. The summed E-state index contributed by atoms with van der Waals surface area (Å²) in [6.45, 7) is 5.76. The third-order valence-electron chi connectivity index (χ3n) is 3.38. The average Bonchev–Trinajstić information content (AvgIpc) is 2.52. The lowest BCUT2D eigenvalue weighted by Gasteiger charge is -2.28. The maximum Gasteiger partial charge on any atom is 0.324 e. The van der Waals surface area contributed by atoms with Crippen LogP contribution in [0.25, 0.3) is 0 Å². The van der Waals surface area contributed by atoms with Gasteiger partial charge >= 0.3 is 11.9 Å². The number of rotatable bonds is 8. The van der Waals surface area contributed by atoms with Crippen LogP contribution in [0.3, 0.4) is 0 Å². The van der Waals surface area contributed by atoms with Gasteiger partial charge in [-0.05, 0) is 39.2 Å². The number of esters is 2. The number of benzene rings is 1. The van der Waals surface area contributed by atoms with Crippen LogP contribution >= 0.6 is 0 Å². The molecule has 0 aliphatic rings. The van der Waals surface area contributed by atoms with Crippen molar-refractivity contribution in [1.82, 2.24) is 0 Å². The standard InChI is InChI=1S/C18H24O4/c1-4-7-13-18(16(19)21-5-2,17(20)22-6-3)14-15-11-9-8-10-12-15/h4,7-12H,5-6,13-14H2,1-3H3/b7-4-. The van der Waals surface area contributed by atoms with Crippen molar-refractivity contribution in [3.05, 3.63) is 48.0 Å². The zero-order chi connectivity index (χ0) is 16.4. The highest BCUT2D eigenvalue weighted by molar-refractivity contribution is 6.00. The predicted octanol–water partition coefficient (Wildman–Crippen LogP) is 3.31. The van der Waals surface area contributed by atoms with Crippen molar-refractivity contribution in [2.45, 2.75) is 33.6 Å². The Bertz CT molecular complexity index is 487. The minimum Gasteiger partial charge on any atom is -0.465 e. The quantitative estimate of drug-likeness (QED) is 0.420. The normalized spacial score (nSPS) is 11.4. The van der Waals surface area contributed by atoms with Crippen LogP contribution in [-0.4, -0.2) is 25.2 Å². The molecule has 4 heteroatoms. The lowest BCUT2D eigenvalue weighted by Crippen LogP contribution is -2.43. The van der Waals surface area contributed by atoms with E-state index in [4.69, 9.17) is 9.47 Å². The molecular weight excluding hydrogens is 280 g/mol. The highest BCUT2D eigenvalue weighted by Gasteiger charge is 2.48. The molecule has 1 aromatic carbocycles. The first kappa shape index (κ1) is 18.0. The van der Waals surface area contributed by atoms with Crippen LogP contribution in [0, 0.1) is 5.41 Å². The monoisotopic (exact) mass is 304 g/mol. The van der Waals surface area contributed by atoms with Crippen molar-refractivity contribution in [2.75, 3.05) is 13.2 Å². The van der Waals surface area contributed by atoms with E-state index in [0.717, 1.165) is 5.56 Å². The summed E-state index contributed by atoms with van der Waals surface area (Å²) in [5, 5.41) is 0. The van der Waals surface area contributed by atoms with Crippen molar-refractivity contribution < 1.29 is 19.1 Å². The minimum atomic E-state index is -1.33. The van der Waals surface area contributed by atoms with Crippen LogP contribution in [0.2, 0.25) is 0 Å². The molecule has 0 N–H and O–H groups in total. The van der Waals surface area contributed by atoms with Gasteiger partial charge in [0.15, 0.2) is 5.41 Å². The summed E-state index contributed by atoms with van der Waals surface area (Å²) in [5.41, 5.74) is -0.437. The van der Waals surface area contributed by atoms with Crippen LogP contribution in [0.5, 0.6) is 0 Å². The summed E-state index contributed by atoms with van der Waals surface area (Å²) in [6.07, 6.45) is 4.14. The van der Waals surface area contributed by atoms with Crippen LogP contribution in [0.4, 0.5) is 0 Å².